The zero-order valence-electron chi connectivity index (χ0n) is 8.64. The molecule has 0 bridgehead atoms. The summed E-state index contributed by atoms with van der Waals surface area (Å²) in [5.74, 6) is 1.19. The first kappa shape index (κ1) is 9.86. The van der Waals surface area contributed by atoms with E-state index in [1.807, 2.05) is 31.5 Å². The standard InChI is InChI=1S/C11H14N4/c1-8(5-12)11-14-7-10(15-11)9-3-2-4-13-6-9/h2-4,6-8H,5,12H2,1H3,(H,14,15). The molecular formula is C11H14N4. The molecule has 0 aliphatic carbocycles. The smallest absolute Gasteiger partial charge is 0.110 e. The summed E-state index contributed by atoms with van der Waals surface area (Å²) in [6.07, 6.45) is 5.38. The van der Waals surface area contributed by atoms with E-state index in [1.54, 1.807) is 6.20 Å². The van der Waals surface area contributed by atoms with E-state index < -0.39 is 0 Å². The number of imidazole rings is 1. The van der Waals surface area contributed by atoms with Gasteiger partial charge in [0, 0.05) is 30.4 Å². The number of hydrogen-bond donors (Lipinski definition) is 2. The van der Waals surface area contributed by atoms with Crippen LogP contribution in [0.4, 0.5) is 0 Å². The van der Waals surface area contributed by atoms with Gasteiger partial charge < -0.3 is 10.7 Å². The molecule has 2 rings (SSSR count). The molecule has 0 saturated carbocycles. The van der Waals surface area contributed by atoms with Gasteiger partial charge in [-0.25, -0.2) is 4.98 Å². The second-order valence-corrected chi connectivity index (χ2v) is 3.56. The molecule has 78 valence electrons. The Morgan fingerprint density at radius 2 is 2.33 bits per heavy atom. The Morgan fingerprint density at radius 1 is 1.47 bits per heavy atom. The Morgan fingerprint density at radius 3 is 3.00 bits per heavy atom. The Bertz CT molecular complexity index is 421. The van der Waals surface area contributed by atoms with Crippen molar-refractivity contribution in [2.45, 2.75) is 12.8 Å². The van der Waals surface area contributed by atoms with Gasteiger partial charge in [-0.2, -0.15) is 0 Å². The first-order valence-electron chi connectivity index (χ1n) is 4.96. The highest BCUT2D eigenvalue weighted by atomic mass is 14.9. The van der Waals surface area contributed by atoms with Crippen molar-refractivity contribution in [3.05, 3.63) is 36.5 Å². The molecule has 0 spiro atoms. The number of aromatic nitrogens is 3. The molecule has 0 amide bonds. The lowest BCUT2D eigenvalue weighted by Gasteiger charge is -2.03. The molecule has 1 atom stereocenters. The number of pyridine rings is 1. The van der Waals surface area contributed by atoms with Crippen LogP contribution >= 0.6 is 0 Å². The fraction of sp³-hybridized carbons (Fsp3) is 0.273. The van der Waals surface area contributed by atoms with Gasteiger partial charge in [-0.1, -0.05) is 6.92 Å². The van der Waals surface area contributed by atoms with E-state index in [1.165, 1.54) is 0 Å². The van der Waals surface area contributed by atoms with E-state index >= 15 is 0 Å². The van der Waals surface area contributed by atoms with Gasteiger partial charge in [0.25, 0.3) is 0 Å². The number of nitrogens with one attached hydrogen (secondary N) is 1. The molecule has 1 unspecified atom stereocenters. The third-order valence-corrected chi connectivity index (χ3v) is 2.39. The second kappa shape index (κ2) is 4.23. The minimum atomic E-state index is 0.260. The van der Waals surface area contributed by atoms with Crippen LogP contribution in [-0.4, -0.2) is 21.5 Å². The lowest BCUT2D eigenvalue weighted by atomic mass is 10.2. The largest absolute Gasteiger partial charge is 0.342 e. The number of H-pyrrole nitrogens is 1. The third-order valence-electron chi connectivity index (χ3n) is 2.39. The number of rotatable bonds is 3. The van der Waals surface area contributed by atoms with Crippen LogP contribution in [0.2, 0.25) is 0 Å². The van der Waals surface area contributed by atoms with E-state index in [9.17, 15) is 0 Å². The Hall–Kier alpha value is -1.68. The molecular weight excluding hydrogens is 188 g/mol. The Balaban J connectivity index is 2.28. The molecule has 0 aromatic carbocycles. The summed E-state index contributed by atoms with van der Waals surface area (Å²) in [5, 5.41) is 0. The second-order valence-electron chi connectivity index (χ2n) is 3.56. The van der Waals surface area contributed by atoms with Gasteiger partial charge >= 0.3 is 0 Å². The Labute approximate surface area is 88.6 Å². The third kappa shape index (κ3) is 2.05. The zero-order valence-corrected chi connectivity index (χ0v) is 8.64. The van der Waals surface area contributed by atoms with Gasteiger partial charge in [0.2, 0.25) is 0 Å². The van der Waals surface area contributed by atoms with Crippen LogP contribution in [0.5, 0.6) is 0 Å². The quantitative estimate of drug-likeness (QED) is 0.793. The Kier molecular flexibility index (Phi) is 2.78. The number of aromatic amines is 1. The zero-order chi connectivity index (χ0) is 10.7. The predicted octanol–water partition coefficient (Wildman–Crippen LogP) is 1.53. The SMILES string of the molecule is CC(CN)c1ncc(-c2cccnc2)[nH]1. The maximum absolute atomic E-state index is 5.58. The summed E-state index contributed by atoms with van der Waals surface area (Å²) in [7, 11) is 0. The highest BCUT2D eigenvalue weighted by molar-refractivity contribution is 5.56. The van der Waals surface area contributed by atoms with Gasteiger partial charge in [-0.15, -0.1) is 0 Å². The van der Waals surface area contributed by atoms with Crippen molar-refractivity contribution in [3.8, 4) is 11.3 Å². The molecule has 4 nitrogen and oxygen atoms in total. The van der Waals surface area contributed by atoms with Gasteiger partial charge in [0.05, 0.1) is 11.9 Å². The lowest BCUT2D eigenvalue weighted by molar-refractivity contribution is 0.725. The molecule has 0 aliphatic heterocycles. The van der Waals surface area contributed by atoms with Crippen molar-refractivity contribution in [1.29, 1.82) is 0 Å². The maximum Gasteiger partial charge on any atom is 0.110 e. The first-order valence-corrected chi connectivity index (χ1v) is 4.96. The molecule has 2 aromatic rings. The summed E-state index contributed by atoms with van der Waals surface area (Å²) < 4.78 is 0. The maximum atomic E-state index is 5.58. The van der Waals surface area contributed by atoms with Crippen molar-refractivity contribution in [2.24, 2.45) is 5.73 Å². The predicted molar refractivity (Wildman–Crippen MR) is 59.3 cm³/mol. The highest BCUT2D eigenvalue weighted by Crippen LogP contribution is 2.18. The molecule has 3 N–H and O–H groups in total. The van der Waals surface area contributed by atoms with Crippen LogP contribution < -0.4 is 5.73 Å². The van der Waals surface area contributed by atoms with Crippen LogP contribution in [0.15, 0.2) is 30.7 Å². The molecule has 4 heteroatoms. The van der Waals surface area contributed by atoms with Crippen molar-refractivity contribution in [1.82, 2.24) is 15.0 Å². The lowest BCUT2D eigenvalue weighted by Crippen LogP contribution is -2.10. The van der Waals surface area contributed by atoms with Crippen LogP contribution in [0.25, 0.3) is 11.3 Å². The summed E-state index contributed by atoms with van der Waals surface area (Å²) in [6, 6.07) is 3.90. The van der Waals surface area contributed by atoms with E-state index in [2.05, 4.69) is 15.0 Å². The average molecular weight is 202 g/mol. The fourth-order valence-corrected chi connectivity index (χ4v) is 1.37. The van der Waals surface area contributed by atoms with Gasteiger partial charge in [0.1, 0.15) is 5.82 Å². The molecule has 0 aliphatic rings. The van der Waals surface area contributed by atoms with E-state index in [4.69, 9.17) is 5.73 Å². The summed E-state index contributed by atoms with van der Waals surface area (Å²) in [4.78, 5) is 11.6. The van der Waals surface area contributed by atoms with Crippen molar-refractivity contribution < 1.29 is 0 Å². The minimum Gasteiger partial charge on any atom is -0.342 e. The summed E-state index contributed by atoms with van der Waals surface area (Å²) in [5.41, 5.74) is 7.61. The van der Waals surface area contributed by atoms with Gasteiger partial charge in [-0.05, 0) is 12.1 Å². The molecule has 0 saturated heterocycles. The van der Waals surface area contributed by atoms with Crippen molar-refractivity contribution >= 4 is 0 Å². The van der Waals surface area contributed by atoms with Crippen LogP contribution in [-0.2, 0) is 0 Å². The molecule has 0 fully saturated rings. The van der Waals surface area contributed by atoms with E-state index in [0.29, 0.717) is 6.54 Å². The molecule has 0 radical (unpaired) electrons. The highest BCUT2D eigenvalue weighted by Gasteiger charge is 2.08. The van der Waals surface area contributed by atoms with Crippen LogP contribution in [0, 0.1) is 0 Å². The van der Waals surface area contributed by atoms with Crippen molar-refractivity contribution in [2.75, 3.05) is 6.54 Å². The molecule has 2 heterocycles. The summed E-state index contributed by atoms with van der Waals surface area (Å²) >= 11 is 0. The normalized spacial score (nSPS) is 12.7. The number of nitrogens with two attached hydrogens (primary N) is 1. The fourth-order valence-electron chi connectivity index (χ4n) is 1.37. The minimum absolute atomic E-state index is 0.260. The van der Waals surface area contributed by atoms with Gasteiger partial charge in [0.15, 0.2) is 0 Å². The average Bonchev–Trinajstić information content (AvgIpc) is 2.78. The topological polar surface area (TPSA) is 67.6 Å². The van der Waals surface area contributed by atoms with Crippen LogP contribution in [0.3, 0.4) is 0 Å². The molecule has 15 heavy (non-hydrogen) atoms. The van der Waals surface area contributed by atoms with Gasteiger partial charge in [-0.3, -0.25) is 4.98 Å². The van der Waals surface area contributed by atoms with E-state index in [-0.39, 0.29) is 5.92 Å². The first-order chi connectivity index (χ1) is 7.31. The van der Waals surface area contributed by atoms with Crippen LogP contribution in [0.1, 0.15) is 18.7 Å². The molecule has 2 aromatic heterocycles. The van der Waals surface area contributed by atoms with E-state index in [0.717, 1.165) is 17.1 Å². The number of hydrogen-bond acceptors (Lipinski definition) is 3. The monoisotopic (exact) mass is 202 g/mol. The summed E-state index contributed by atoms with van der Waals surface area (Å²) in [6.45, 7) is 2.64. The van der Waals surface area contributed by atoms with Crippen molar-refractivity contribution in [3.63, 3.8) is 0 Å². The number of nitrogens with zero attached hydrogens (tertiary/aromatic N) is 2.